The van der Waals surface area contributed by atoms with Crippen LogP contribution in [0.25, 0.3) is 0 Å². The number of halogens is 6. The molecular weight excluding hydrogens is 430 g/mol. The zero-order valence-electron chi connectivity index (χ0n) is 15.7. The third-order valence-corrected chi connectivity index (χ3v) is 5.01. The number of ether oxygens (including phenoxy) is 1. The van der Waals surface area contributed by atoms with Gasteiger partial charge < -0.3 is 4.74 Å². The molecule has 0 radical (unpaired) electrons. The van der Waals surface area contributed by atoms with Gasteiger partial charge in [-0.2, -0.15) is 34.8 Å². The van der Waals surface area contributed by atoms with Crippen LogP contribution in [0.2, 0.25) is 0 Å². The minimum atomic E-state index is -6.33. The number of aryl methyl sites for hydroxylation is 1. The zero-order valence-corrected chi connectivity index (χ0v) is 16.5. The van der Waals surface area contributed by atoms with Gasteiger partial charge in [0.2, 0.25) is 0 Å². The van der Waals surface area contributed by atoms with E-state index in [9.17, 15) is 39.6 Å². The Morgan fingerprint density at radius 3 is 2.03 bits per heavy atom. The Kier molecular flexibility index (Phi) is 7.39. The number of carbonyl (C=O) groups is 1. The van der Waals surface area contributed by atoms with Crippen LogP contribution in [0.4, 0.5) is 26.3 Å². The Morgan fingerprint density at radius 2 is 1.62 bits per heavy atom. The Bertz CT molecular complexity index is 829. The van der Waals surface area contributed by atoms with Crippen LogP contribution in [0.15, 0.2) is 18.2 Å². The van der Waals surface area contributed by atoms with Crippen LogP contribution in [-0.4, -0.2) is 42.6 Å². The highest BCUT2D eigenvalue weighted by molar-refractivity contribution is 7.85. The molecule has 0 aliphatic rings. The summed E-state index contributed by atoms with van der Waals surface area (Å²) in [6.45, 7) is 5.31. The van der Waals surface area contributed by atoms with Crippen LogP contribution >= 0.6 is 0 Å². The Balaban J connectivity index is 3.22. The summed E-state index contributed by atoms with van der Waals surface area (Å²) in [5.41, 5.74) is -3.37. The zero-order chi connectivity index (χ0) is 22.8. The molecule has 0 atom stereocenters. The van der Waals surface area contributed by atoms with E-state index < -0.39 is 46.2 Å². The summed E-state index contributed by atoms with van der Waals surface area (Å²) in [5.74, 6) is -4.81. The Labute approximate surface area is 163 Å². The summed E-state index contributed by atoms with van der Waals surface area (Å²) in [4.78, 5) is 11.9. The third-order valence-electron chi connectivity index (χ3n) is 4.24. The SMILES string of the molecule is Cc1cccc(C(C)C)c1CCC(=O)OC(CS(=O)(=O)O)(C(F)(F)F)C(F)(F)F. The third kappa shape index (κ3) is 6.08. The number of esters is 1. The van der Waals surface area contributed by atoms with Crippen molar-refractivity contribution in [3.8, 4) is 0 Å². The van der Waals surface area contributed by atoms with Crippen LogP contribution in [-0.2, 0) is 26.1 Å². The van der Waals surface area contributed by atoms with E-state index in [-0.39, 0.29) is 12.3 Å². The molecule has 0 aromatic heterocycles. The maximum Gasteiger partial charge on any atom is 0.438 e. The van der Waals surface area contributed by atoms with E-state index in [1.165, 1.54) is 0 Å². The van der Waals surface area contributed by atoms with E-state index in [0.717, 1.165) is 5.56 Å². The fraction of sp³-hybridized carbons (Fsp3) is 0.588. The summed E-state index contributed by atoms with van der Waals surface area (Å²) in [6.07, 6.45) is -13.7. The highest BCUT2D eigenvalue weighted by atomic mass is 32.2. The summed E-state index contributed by atoms with van der Waals surface area (Å²) in [6, 6.07) is 5.10. The number of hydrogen-bond donors (Lipinski definition) is 1. The van der Waals surface area contributed by atoms with E-state index in [0.29, 0.717) is 11.1 Å². The van der Waals surface area contributed by atoms with E-state index in [2.05, 4.69) is 4.74 Å². The summed E-state index contributed by atoms with van der Waals surface area (Å²) < 4.78 is 113. The van der Waals surface area contributed by atoms with Gasteiger partial charge in [0, 0.05) is 6.42 Å². The van der Waals surface area contributed by atoms with Gasteiger partial charge in [-0.3, -0.25) is 9.35 Å². The predicted octanol–water partition coefficient (Wildman–Crippen LogP) is 4.35. The first-order valence-electron chi connectivity index (χ1n) is 8.30. The highest BCUT2D eigenvalue weighted by Crippen LogP contribution is 2.47. The van der Waals surface area contributed by atoms with Crippen molar-refractivity contribution in [1.29, 1.82) is 0 Å². The molecule has 1 aromatic carbocycles. The molecule has 0 amide bonds. The number of rotatable bonds is 7. The van der Waals surface area contributed by atoms with Crippen molar-refractivity contribution in [1.82, 2.24) is 0 Å². The molecule has 0 bridgehead atoms. The van der Waals surface area contributed by atoms with Crippen molar-refractivity contribution in [2.45, 2.75) is 57.5 Å². The molecule has 1 aromatic rings. The fourth-order valence-corrected chi connectivity index (χ4v) is 3.71. The van der Waals surface area contributed by atoms with Crippen LogP contribution in [0.3, 0.4) is 0 Å². The smallest absolute Gasteiger partial charge is 0.438 e. The Morgan fingerprint density at radius 1 is 1.10 bits per heavy atom. The van der Waals surface area contributed by atoms with E-state index in [1.807, 2.05) is 13.8 Å². The molecular formula is C17H20F6O5S. The van der Waals surface area contributed by atoms with Crippen LogP contribution in [0.1, 0.15) is 42.9 Å². The van der Waals surface area contributed by atoms with Crippen LogP contribution in [0.5, 0.6) is 0 Å². The quantitative estimate of drug-likeness (QED) is 0.380. The average Bonchev–Trinajstić information content (AvgIpc) is 2.49. The molecule has 166 valence electrons. The molecule has 1 rings (SSSR count). The number of benzene rings is 1. The maximum absolute atomic E-state index is 13.2. The molecule has 0 saturated heterocycles. The maximum atomic E-state index is 13.2. The fourth-order valence-electron chi connectivity index (χ4n) is 2.81. The van der Waals surface area contributed by atoms with Crippen molar-refractivity contribution in [3.05, 3.63) is 34.9 Å². The first-order chi connectivity index (χ1) is 12.9. The van der Waals surface area contributed by atoms with E-state index >= 15 is 0 Å². The number of carbonyl (C=O) groups excluding carboxylic acids is 1. The topological polar surface area (TPSA) is 80.7 Å². The number of alkyl halides is 6. The van der Waals surface area contributed by atoms with Gasteiger partial charge in [0.25, 0.3) is 10.1 Å². The van der Waals surface area contributed by atoms with Crippen LogP contribution in [0, 0.1) is 6.92 Å². The van der Waals surface area contributed by atoms with Gasteiger partial charge in [-0.1, -0.05) is 32.0 Å². The van der Waals surface area contributed by atoms with Crippen molar-refractivity contribution >= 4 is 16.1 Å². The standard InChI is InChI=1S/C17H20F6O5S/c1-10(2)12-6-4-5-11(3)13(12)7-8-14(24)28-15(16(18,19)20,17(21,22)23)9-29(25,26)27/h4-6,10H,7-9H2,1-3H3,(H,25,26,27). The predicted molar refractivity (Wildman–Crippen MR) is 90.9 cm³/mol. The van der Waals surface area contributed by atoms with Crippen molar-refractivity contribution in [3.63, 3.8) is 0 Å². The van der Waals surface area contributed by atoms with Gasteiger partial charge in [0.15, 0.2) is 0 Å². The normalized spacial score (nSPS) is 13.6. The summed E-state index contributed by atoms with van der Waals surface area (Å²) >= 11 is 0. The van der Waals surface area contributed by atoms with E-state index in [1.54, 1.807) is 25.1 Å². The molecule has 0 spiro atoms. The second-order valence-corrected chi connectivity index (χ2v) is 8.27. The lowest BCUT2D eigenvalue weighted by Crippen LogP contribution is -2.63. The molecule has 0 aliphatic carbocycles. The van der Waals surface area contributed by atoms with Crippen molar-refractivity contribution < 1.29 is 48.8 Å². The lowest BCUT2D eigenvalue weighted by atomic mass is 9.91. The highest BCUT2D eigenvalue weighted by Gasteiger charge is 2.75. The van der Waals surface area contributed by atoms with Gasteiger partial charge in [-0.15, -0.1) is 0 Å². The summed E-state index contributed by atoms with van der Waals surface area (Å²) in [7, 11) is -5.80. The monoisotopic (exact) mass is 450 g/mol. The average molecular weight is 450 g/mol. The molecule has 0 aliphatic heterocycles. The van der Waals surface area contributed by atoms with E-state index in [4.69, 9.17) is 4.55 Å². The molecule has 0 unspecified atom stereocenters. The minimum absolute atomic E-state index is 0.0232. The van der Waals surface area contributed by atoms with Gasteiger partial charge in [0.05, 0.1) is 0 Å². The van der Waals surface area contributed by atoms with Crippen molar-refractivity contribution in [2.75, 3.05) is 5.75 Å². The lowest BCUT2D eigenvalue weighted by Gasteiger charge is -2.35. The Hall–Kier alpha value is -1.82. The van der Waals surface area contributed by atoms with Gasteiger partial charge in [-0.05, 0) is 36.0 Å². The molecule has 1 N–H and O–H groups in total. The lowest BCUT2D eigenvalue weighted by molar-refractivity contribution is -0.361. The first kappa shape index (κ1) is 25.2. The second-order valence-electron chi connectivity index (χ2n) is 6.82. The van der Waals surface area contributed by atoms with Gasteiger partial charge in [-0.25, -0.2) is 0 Å². The van der Waals surface area contributed by atoms with Gasteiger partial charge >= 0.3 is 23.9 Å². The largest absolute Gasteiger partial charge is 0.438 e. The second kappa shape index (κ2) is 8.50. The molecule has 0 saturated carbocycles. The van der Waals surface area contributed by atoms with Crippen LogP contribution < -0.4 is 0 Å². The minimum Gasteiger partial charge on any atom is -0.438 e. The van der Waals surface area contributed by atoms with Gasteiger partial charge in [0.1, 0.15) is 5.75 Å². The first-order valence-corrected chi connectivity index (χ1v) is 9.91. The molecule has 0 fully saturated rings. The molecule has 29 heavy (non-hydrogen) atoms. The molecule has 0 heterocycles. The van der Waals surface area contributed by atoms with Crippen molar-refractivity contribution in [2.24, 2.45) is 0 Å². The number of hydrogen-bond acceptors (Lipinski definition) is 4. The molecule has 5 nitrogen and oxygen atoms in total. The summed E-state index contributed by atoms with van der Waals surface area (Å²) in [5, 5.41) is 0. The molecule has 12 heteroatoms.